The van der Waals surface area contributed by atoms with Crippen molar-refractivity contribution in [3.63, 3.8) is 0 Å². The topological polar surface area (TPSA) is 77.5 Å². The number of alkyl halides is 6. The Kier molecular flexibility index (Phi) is 9.78. The molecule has 0 spiro atoms. The number of carbonyl (C=O) groups is 2. The summed E-state index contributed by atoms with van der Waals surface area (Å²) in [5.41, 5.74) is -2.86. The number of methoxy groups -OCH3 is 2. The lowest BCUT2D eigenvalue weighted by Gasteiger charge is -2.43. The van der Waals surface area contributed by atoms with Gasteiger partial charge in [-0.05, 0) is 63.9 Å². The number of hydrogen-bond acceptors (Lipinski definition) is 6. The number of ether oxygens (including phenoxy) is 4. The maximum Gasteiger partial charge on any atom is 0.416 e. The minimum Gasteiger partial charge on any atom is -0.493 e. The standard InChI is InChI=1S/C28H32F6N2O6/c1-7-41-26(38)36-16(4)8-21(20-12-23(39-5)24(40-6)13-22(20)36)35(25(37)42-15(2)3)14-17-9-18(27(29,30)31)11-19(10-17)28(32,33)34/h9-13,15-16,21H,7-8,14H2,1-6H3. The van der Waals surface area contributed by atoms with Crippen LogP contribution in [0.5, 0.6) is 11.5 Å². The summed E-state index contributed by atoms with van der Waals surface area (Å²) in [5, 5.41) is 0. The van der Waals surface area contributed by atoms with E-state index in [1.54, 1.807) is 27.7 Å². The molecule has 0 saturated heterocycles. The first-order valence-corrected chi connectivity index (χ1v) is 13.0. The minimum absolute atomic E-state index is 0.0205. The van der Waals surface area contributed by atoms with Gasteiger partial charge in [-0.1, -0.05) is 0 Å². The number of carbonyl (C=O) groups excluding carboxylic acids is 2. The first kappa shape index (κ1) is 32.7. The molecule has 0 aromatic heterocycles. The predicted octanol–water partition coefficient (Wildman–Crippen LogP) is 7.58. The van der Waals surface area contributed by atoms with Gasteiger partial charge in [0, 0.05) is 24.2 Å². The number of halogens is 6. The van der Waals surface area contributed by atoms with Gasteiger partial charge in [-0.2, -0.15) is 26.3 Å². The van der Waals surface area contributed by atoms with Gasteiger partial charge in [-0.3, -0.25) is 9.80 Å². The van der Waals surface area contributed by atoms with Crippen molar-refractivity contribution < 1.29 is 54.9 Å². The number of rotatable bonds is 7. The quantitative estimate of drug-likeness (QED) is 0.303. The lowest BCUT2D eigenvalue weighted by atomic mass is 9.90. The highest BCUT2D eigenvalue weighted by Crippen LogP contribution is 2.47. The molecule has 1 heterocycles. The van der Waals surface area contributed by atoms with Gasteiger partial charge in [0.25, 0.3) is 0 Å². The number of benzene rings is 2. The average molecular weight is 607 g/mol. The summed E-state index contributed by atoms with van der Waals surface area (Å²) in [5.74, 6) is 0.456. The Morgan fingerprint density at radius 3 is 1.98 bits per heavy atom. The molecule has 0 N–H and O–H groups in total. The third-order valence-corrected chi connectivity index (χ3v) is 6.57. The molecule has 2 atom stereocenters. The second kappa shape index (κ2) is 12.6. The highest BCUT2D eigenvalue weighted by atomic mass is 19.4. The average Bonchev–Trinajstić information content (AvgIpc) is 2.89. The van der Waals surface area contributed by atoms with Crippen molar-refractivity contribution >= 4 is 17.9 Å². The van der Waals surface area contributed by atoms with E-state index in [4.69, 9.17) is 18.9 Å². The Morgan fingerprint density at radius 2 is 1.50 bits per heavy atom. The molecule has 1 aliphatic heterocycles. The molecular formula is C28H32F6N2O6. The predicted molar refractivity (Wildman–Crippen MR) is 139 cm³/mol. The number of anilines is 1. The first-order valence-electron chi connectivity index (χ1n) is 13.0. The van der Waals surface area contributed by atoms with Crippen molar-refractivity contribution in [3.8, 4) is 11.5 Å². The smallest absolute Gasteiger partial charge is 0.416 e. The Balaban J connectivity index is 2.24. The fourth-order valence-electron chi connectivity index (χ4n) is 4.80. The molecule has 14 heteroatoms. The van der Waals surface area contributed by atoms with Crippen LogP contribution in [0.25, 0.3) is 0 Å². The van der Waals surface area contributed by atoms with Gasteiger partial charge in [0.2, 0.25) is 0 Å². The largest absolute Gasteiger partial charge is 0.493 e. The second-order valence-corrected chi connectivity index (χ2v) is 9.91. The number of nitrogens with zero attached hydrogens (tertiary/aromatic N) is 2. The minimum atomic E-state index is -5.07. The second-order valence-electron chi connectivity index (χ2n) is 9.91. The van der Waals surface area contributed by atoms with E-state index in [2.05, 4.69) is 0 Å². The third kappa shape index (κ3) is 7.13. The van der Waals surface area contributed by atoms with E-state index in [1.165, 1.54) is 31.3 Å². The van der Waals surface area contributed by atoms with Gasteiger partial charge in [-0.25, -0.2) is 9.59 Å². The molecule has 0 aliphatic carbocycles. The van der Waals surface area contributed by atoms with Crippen LogP contribution >= 0.6 is 0 Å². The van der Waals surface area contributed by atoms with Gasteiger partial charge in [0.05, 0.1) is 49.8 Å². The molecule has 8 nitrogen and oxygen atoms in total. The number of amides is 2. The zero-order chi connectivity index (χ0) is 31.6. The Hall–Kier alpha value is -3.84. The van der Waals surface area contributed by atoms with E-state index < -0.39 is 66.0 Å². The molecule has 3 rings (SSSR count). The number of fused-ring (bicyclic) bond motifs is 1. The third-order valence-electron chi connectivity index (χ3n) is 6.57. The fourth-order valence-corrected chi connectivity index (χ4v) is 4.80. The van der Waals surface area contributed by atoms with Gasteiger partial charge in [0.15, 0.2) is 11.5 Å². The normalized spacial score (nSPS) is 17.0. The maximum atomic E-state index is 13.6. The molecule has 2 unspecified atom stereocenters. The Bertz CT molecular complexity index is 1260. The first-order chi connectivity index (χ1) is 19.5. The van der Waals surface area contributed by atoms with Gasteiger partial charge in [-0.15, -0.1) is 0 Å². The van der Waals surface area contributed by atoms with E-state index >= 15 is 0 Å². The van der Waals surface area contributed by atoms with Crippen LogP contribution in [-0.2, 0) is 28.4 Å². The van der Waals surface area contributed by atoms with E-state index in [0.717, 1.165) is 4.90 Å². The molecule has 0 bridgehead atoms. The van der Waals surface area contributed by atoms with E-state index in [1.807, 2.05) is 0 Å². The molecule has 2 aromatic rings. The zero-order valence-corrected chi connectivity index (χ0v) is 23.9. The summed E-state index contributed by atoms with van der Waals surface area (Å²) in [6, 6.07) is 2.56. The Morgan fingerprint density at radius 1 is 0.952 bits per heavy atom. The zero-order valence-electron chi connectivity index (χ0n) is 23.9. The molecule has 0 fully saturated rings. The molecular weight excluding hydrogens is 574 g/mol. The highest BCUT2D eigenvalue weighted by Gasteiger charge is 2.42. The van der Waals surface area contributed by atoms with Crippen LogP contribution < -0.4 is 14.4 Å². The number of hydrogen-bond donors (Lipinski definition) is 0. The van der Waals surface area contributed by atoms with Crippen LogP contribution in [-0.4, -0.2) is 50.1 Å². The van der Waals surface area contributed by atoms with Crippen LogP contribution in [0, 0.1) is 0 Å². The molecule has 2 amide bonds. The van der Waals surface area contributed by atoms with Gasteiger partial charge >= 0.3 is 24.5 Å². The maximum absolute atomic E-state index is 13.6. The summed E-state index contributed by atoms with van der Waals surface area (Å²) in [6.07, 6.45) is -12.4. The van der Waals surface area contributed by atoms with E-state index in [-0.39, 0.29) is 36.3 Å². The summed E-state index contributed by atoms with van der Waals surface area (Å²) < 4.78 is 103. The van der Waals surface area contributed by atoms with Crippen LogP contribution in [0.1, 0.15) is 62.4 Å². The lowest BCUT2D eigenvalue weighted by molar-refractivity contribution is -0.143. The van der Waals surface area contributed by atoms with Gasteiger partial charge in [0.1, 0.15) is 0 Å². The van der Waals surface area contributed by atoms with Crippen molar-refractivity contribution in [1.29, 1.82) is 0 Å². The summed E-state index contributed by atoms with van der Waals surface area (Å²) in [6.45, 7) is 5.80. The van der Waals surface area contributed by atoms with E-state index in [9.17, 15) is 35.9 Å². The van der Waals surface area contributed by atoms with Crippen molar-refractivity contribution in [1.82, 2.24) is 4.90 Å². The molecule has 232 valence electrons. The van der Waals surface area contributed by atoms with Crippen molar-refractivity contribution in [2.24, 2.45) is 0 Å². The van der Waals surface area contributed by atoms with Crippen molar-refractivity contribution in [2.45, 2.75) is 71.2 Å². The van der Waals surface area contributed by atoms with Crippen molar-refractivity contribution in [3.05, 3.63) is 52.6 Å². The van der Waals surface area contributed by atoms with E-state index in [0.29, 0.717) is 17.7 Å². The SMILES string of the molecule is CCOC(=O)N1c2cc(OC)c(OC)cc2C(N(Cc2cc(C(F)(F)F)cc(C(F)(F)F)c2)C(=O)OC(C)C)CC1C. The molecule has 0 saturated carbocycles. The highest BCUT2D eigenvalue weighted by molar-refractivity contribution is 5.91. The van der Waals surface area contributed by atoms with Crippen LogP contribution in [0.4, 0.5) is 41.6 Å². The van der Waals surface area contributed by atoms with Gasteiger partial charge < -0.3 is 18.9 Å². The molecule has 42 heavy (non-hydrogen) atoms. The monoisotopic (exact) mass is 606 g/mol. The summed E-state index contributed by atoms with van der Waals surface area (Å²) in [4.78, 5) is 28.8. The van der Waals surface area contributed by atoms with Crippen molar-refractivity contribution in [2.75, 3.05) is 25.7 Å². The fraction of sp³-hybridized carbons (Fsp3) is 0.500. The van der Waals surface area contributed by atoms with Crippen LogP contribution in [0.3, 0.4) is 0 Å². The lowest BCUT2D eigenvalue weighted by Crippen LogP contribution is -2.48. The van der Waals surface area contributed by atoms with Crippen LogP contribution in [0.15, 0.2) is 30.3 Å². The summed E-state index contributed by atoms with van der Waals surface area (Å²) in [7, 11) is 2.74. The Labute approximate surface area is 239 Å². The molecule has 1 aliphatic rings. The van der Waals surface area contributed by atoms with Crippen LogP contribution in [0.2, 0.25) is 0 Å². The molecule has 0 radical (unpaired) electrons. The molecule has 2 aromatic carbocycles. The summed E-state index contributed by atoms with van der Waals surface area (Å²) >= 11 is 0.